The molecule has 3 rings (SSSR count). The Morgan fingerprint density at radius 3 is 2.56 bits per heavy atom. The SMILES string of the molecule is CCOc1ccc(N=Cc2cc(Br)ccc2OCc2cccc(F)c2)cc1. The minimum atomic E-state index is -0.274. The van der Waals surface area contributed by atoms with Gasteiger partial charge in [0.1, 0.15) is 23.9 Å². The maximum atomic E-state index is 13.3. The van der Waals surface area contributed by atoms with E-state index in [2.05, 4.69) is 20.9 Å². The highest BCUT2D eigenvalue weighted by molar-refractivity contribution is 9.10. The number of halogens is 2. The Labute approximate surface area is 166 Å². The summed E-state index contributed by atoms with van der Waals surface area (Å²) in [6.45, 7) is 2.86. The third-order valence-electron chi connectivity index (χ3n) is 3.76. The molecule has 0 bridgehead atoms. The van der Waals surface area contributed by atoms with E-state index < -0.39 is 0 Å². The van der Waals surface area contributed by atoms with Crippen molar-refractivity contribution in [2.75, 3.05) is 6.61 Å². The van der Waals surface area contributed by atoms with Crippen LogP contribution in [0.2, 0.25) is 0 Å². The van der Waals surface area contributed by atoms with Crippen LogP contribution in [0, 0.1) is 5.82 Å². The van der Waals surface area contributed by atoms with Gasteiger partial charge in [0.2, 0.25) is 0 Å². The van der Waals surface area contributed by atoms with Crippen LogP contribution in [-0.2, 0) is 6.61 Å². The van der Waals surface area contributed by atoms with E-state index in [0.29, 0.717) is 12.4 Å². The molecule has 0 aliphatic heterocycles. The fourth-order valence-corrected chi connectivity index (χ4v) is 2.86. The number of nitrogens with zero attached hydrogens (tertiary/aromatic N) is 1. The topological polar surface area (TPSA) is 30.8 Å². The highest BCUT2D eigenvalue weighted by Crippen LogP contribution is 2.24. The lowest BCUT2D eigenvalue weighted by Gasteiger charge is -2.10. The molecule has 0 radical (unpaired) electrons. The third kappa shape index (κ3) is 5.66. The molecule has 5 heteroatoms. The summed E-state index contributed by atoms with van der Waals surface area (Å²) in [5.74, 6) is 1.22. The van der Waals surface area contributed by atoms with Crippen molar-refractivity contribution in [3.63, 3.8) is 0 Å². The van der Waals surface area contributed by atoms with E-state index in [1.54, 1.807) is 12.3 Å². The van der Waals surface area contributed by atoms with Crippen molar-refractivity contribution in [1.29, 1.82) is 0 Å². The smallest absolute Gasteiger partial charge is 0.128 e. The number of ether oxygens (including phenoxy) is 2. The molecule has 0 saturated carbocycles. The minimum Gasteiger partial charge on any atom is -0.494 e. The van der Waals surface area contributed by atoms with Crippen molar-refractivity contribution in [2.45, 2.75) is 13.5 Å². The fraction of sp³-hybridized carbons (Fsp3) is 0.136. The van der Waals surface area contributed by atoms with Gasteiger partial charge in [-0.1, -0.05) is 28.1 Å². The van der Waals surface area contributed by atoms with Gasteiger partial charge in [0.15, 0.2) is 0 Å². The van der Waals surface area contributed by atoms with E-state index in [1.807, 2.05) is 55.5 Å². The van der Waals surface area contributed by atoms with E-state index in [-0.39, 0.29) is 12.4 Å². The lowest BCUT2D eigenvalue weighted by atomic mass is 10.2. The lowest BCUT2D eigenvalue weighted by Crippen LogP contribution is -1.99. The van der Waals surface area contributed by atoms with Gasteiger partial charge in [-0.2, -0.15) is 0 Å². The number of aliphatic imine (C=N–C) groups is 1. The van der Waals surface area contributed by atoms with E-state index in [9.17, 15) is 4.39 Å². The number of benzene rings is 3. The first-order valence-corrected chi connectivity index (χ1v) is 9.37. The summed E-state index contributed by atoms with van der Waals surface area (Å²) in [6, 6.07) is 19.6. The first kappa shape index (κ1) is 19.1. The van der Waals surface area contributed by atoms with Crippen LogP contribution in [0.4, 0.5) is 10.1 Å². The molecule has 0 aliphatic carbocycles. The second kappa shape index (κ2) is 9.33. The zero-order valence-electron chi connectivity index (χ0n) is 14.9. The Kier molecular flexibility index (Phi) is 6.60. The van der Waals surface area contributed by atoms with Crippen LogP contribution in [0.5, 0.6) is 11.5 Å². The molecule has 0 fully saturated rings. The van der Waals surface area contributed by atoms with Gasteiger partial charge in [-0.15, -0.1) is 0 Å². The van der Waals surface area contributed by atoms with Gasteiger partial charge in [0.25, 0.3) is 0 Å². The van der Waals surface area contributed by atoms with Gasteiger partial charge in [-0.25, -0.2) is 4.39 Å². The molecule has 0 amide bonds. The van der Waals surface area contributed by atoms with Crippen molar-refractivity contribution >= 4 is 27.8 Å². The third-order valence-corrected chi connectivity index (χ3v) is 4.25. The molecular weight excluding hydrogens is 409 g/mol. The highest BCUT2D eigenvalue weighted by Gasteiger charge is 2.04. The van der Waals surface area contributed by atoms with Crippen molar-refractivity contribution in [1.82, 2.24) is 0 Å². The molecule has 3 aromatic carbocycles. The van der Waals surface area contributed by atoms with Crippen molar-refractivity contribution in [3.8, 4) is 11.5 Å². The van der Waals surface area contributed by atoms with Gasteiger partial charge >= 0.3 is 0 Å². The van der Waals surface area contributed by atoms with E-state index in [1.165, 1.54) is 12.1 Å². The summed E-state index contributed by atoms with van der Waals surface area (Å²) in [5, 5.41) is 0. The number of rotatable bonds is 7. The fourth-order valence-electron chi connectivity index (χ4n) is 2.48. The van der Waals surface area contributed by atoms with Gasteiger partial charge in [-0.05, 0) is 67.1 Å². The molecule has 0 atom stereocenters. The predicted molar refractivity (Wildman–Crippen MR) is 110 cm³/mol. The molecule has 0 N–H and O–H groups in total. The zero-order valence-corrected chi connectivity index (χ0v) is 16.4. The largest absolute Gasteiger partial charge is 0.494 e. The summed E-state index contributed by atoms with van der Waals surface area (Å²) in [5.41, 5.74) is 2.41. The monoisotopic (exact) mass is 427 g/mol. The van der Waals surface area contributed by atoms with Crippen LogP contribution in [0.1, 0.15) is 18.1 Å². The van der Waals surface area contributed by atoms with Crippen LogP contribution < -0.4 is 9.47 Å². The first-order chi connectivity index (χ1) is 13.1. The van der Waals surface area contributed by atoms with Crippen molar-refractivity contribution in [2.24, 2.45) is 4.99 Å². The lowest BCUT2D eigenvalue weighted by molar-refractivity contribution is 0.305. The van der Waals surface area contributed by atoms with Gasteiger partial charge < -0.3 is 9.47 Å². The van der Waals surface area contributed by atoms with Crippen LogP contribution in [0.3, 0.4) is 0 Å². The molecule has 0 aliphatic rings. The Morgan fingerprint density at radius 1 is 1.00 bits per heavy atom. The number of hydrogen-bond donors (Lipinski definition) is 0. The predicted octanol–water partition coefficient (Wildman–Crippen LogP) is 6.32. The van der Waals surface area contributed by atoms with Crippen molar-refractivity contribution in [3.05, 3.63) is 88.1 Å². The van der Waals surface area contributed by atoms with Crippen LogP contribution in [0.25, 0.3) is 0 Å². The van der Waals surface area contributed by atoms with E-state index in [0.717, 1.165) is 27.0 Å². The molecule has 0 spiro atoms. The quantitative estimate of drug-likeness (QED) is 0.413. The summed E-state index contributed by atoms with van der Waals surface area (Å²) in [7, 11) is 0. The van der Waals surface area contributed by atoms with Crippen LogP contribution in [-0.4, -0.2) is 12.8 Å². The number of hydrogen-bond acceptors (Lipinski definition) is 3. The minimum absolute atomic E-state index is 0.274. The van der Waals surface area contributed by atoms with Crippen molar-refractivity contribution < 1.29 is 13.9 Å². The van der Waals surface area contributed by atoms with Gasteiger partial charge in [-0.3, -0.25) is 4.99 Å². The molecule has 3 aromatic rings. The zero-order chi connectivity index (χ0) is 19.1. The van der Waals surface area contributed by atoms with Gasteiger partial charge in [0.05, 0.1) is 12.3 Å². The second-order valence-corrected chi connectivity index (χ2v) is 6.70. The molecule has 27 heavy (non-hydrogen) atoms. The Morgan fingerprint density at radius 2 is 1.81 bits per heavy atom. The first-order valence-electron chi connectivity index (χ1n) is 8.58. The molecular formula is C22H19BrFNO2. The Hall–Kier alpha value is -2.66. The Balaban J connectivity index is 1.75. The van der Waals surface area contributed by atoms with Gasteiger partial charge in [0, 0.05) is 16.3 Å². The summed E-state index contributed by atoms with van der Waals surface area (Å²) in [4.78, 5) is 4.51. The van der Waals surface area contributed by atoms with E-state index in [4.69, 9.17) is 9.47 Å². The molecule has 0 saturated heterocycles. The second-order valence-electron chi connectivity index (χ2n) is 5.79. The summed E-state index contributed by atoms with van der Waals surface area (Å²) in [6.07, 6.45) is 1.75. The summed E-state index contributed by atoms with van der Waals surface area (Å²) < 4.78 is 25.6. The average Bonchev–Trinajstić information content (AvgIpc) is 2.67. The standard InChI is InChI=1S/C22H19BrFNO2/c1-2-26-21-9-7-20(8-10-21)25-14-17-13-18(23)6-11-22(17)27-15-16-4-3-5-19(24)12-16/h3-14H,2,15H2,1H3. The molecule has 0 unspecified atom stereocenters. The molecule has 138 valence electrons. The van der Waals surface area contributed by atoms with Crippen LogP contribution in [0.15, 0.2) is 76.2 Å². The Bertz CT molecular complexity index is 926. The maximum Gasteiger partial charge on any atom is 0.128 e. The average molecular weight is 428 g/mol. The van der Waals surface area contributed by atoms with Crippen LogP contribution >= 0.6 is 15.9 Å². The van der Waals surface area contributed by atoms with E-state index >= 15 is 0 Å². The highest BCUT2D eigenvalue weighted by atomic mass is 79.9. The molecule has 0 aromatic heterocycles. The normalized spacial score (nSPS) is 10.9. The molecule has 0 heterocycles. The summed E-state index contributed by atoms with van der Waals surface area (Å²) >= 11 is 3.47. The molecule has 3 nitrogen and oxygen atoms in total. The maximum absolute atomic E-state index is 13.3.